The minimum atomic E-state index is -0.299. The van der Waals surface area contributed by atoms with Crippen molar-refractivity contribution in [3.8, 4) is 5.75 Å². The molecule has 6 nitrogen and oxygen atoms in total. The molecule has 25 heavy (non-hydrogen) atoms. The van der Waals surface area contributed by atoms with Crippen molar-refractivity contribution in [1.82, 2.24) is 15.5 Å². The lowest BCUT2D eigenvalue weighted by Crippen LogP contribution is -2.33. The van der Waals surface area contributed by atoms with Crippen LogP contribution in [0.3, 0.4) is 0 Å². The molecule has 1 amide bonds. The van der Waals surface area contributed by atoms with Crippen molar-refractivity contribution >= 4 is 17.7 Å². The van der Waals surface area contributed by atoms with Gasteiger partial charge in [0.15, 0.2) is 6.61 Å². The smallest absolute Gasteiger partial charge is 0.277 e. The molecule has 0 aliphatic carbocycles. The maximum absolute atomic E-state index is 12.0. The van der Waals surface area contributed by atoms with E-state index in [1.54, 1.807) is 0 Å². The van der Waals surface area contributed by atoms with Gasteiger partial charge in [-0.2, -0.15) is 0 Å². The number of thioether (sulfide) groups is 1. The molecule has 0 saturated heterocycles. The van der Waals surface area contributed by atoms with E-state index in [0.29, 0.717) is 23.6 Å². The molecule has 2 rings (SSSR count). The number of amides is 1. The average molecular weight is 363 g/mol. The minimum absolute atomic E-state index is 0.0370. The summed E-state index contributed by atoms with van der Waals surface area (Å²) in [4.78, 5) is 12.0. The van der Waals surface area contributed by atoms with E-state index in [2.05, 4.69) is 29.4 Å². The highest BCUT2D eigenvalue weighted by molar-refractivity contribution is 8.00. The second-order valence-electron chi connectivity index (χ2n) is 6.42. The van der Waals surface area contributed by atoms with Crippen LogP contribution in [-0.2, 0) is 11.4 Å². The van der Waals surface area contributed by atoms with Crippen LogP contribution in [0.2, 0.25) is 0 Å². The Bertz CT molecular complexity index is 715. The van der Waals surface area contributed by atoms with Gasteiger partial charge in [-0.25, -0.2) is 0 Å². The third-order valence-corrected chi connectivity index (χ3v) is 4.41. The molecule has 0 saturated carbocycles. The number of nitrogens with one attached hydrogen (secondary N) is 1. The topological polar surface area (TPSA) is 77.2 Å². The van der Waals surface area contributed by atoms with Gasteiger partial charge in [-0.1, -0.05) is 37.7 Å². The van der Waals surface area contributed by atoms with Gasteiger partial charge in [-0.05, 0) is 43.9 Å². The summed E-state index contributed by atoms with van der Waals surface area (Å²) in [5.41, 5.74) is 2.18. The zero-order valence-corrected chi connectivity index (χ0v) is 16.1. The molecule has 1 unspecified atom stereocenters. The summed E-state index contributed by atoms with van der Waals surface area (Å²) in [5.74, 6) is 1.57. The predicted octanol–water partition coefficient (Wildman–Crippen LogP) is 3.52. The molecule has 0 radical (unpaired) electrons. The highest BCUT2D eigenvalue weighted by atomic mass is 32.2. The SMILES string of the molecule is Cc1ccc(C)c(OCc2nnc(SC(C)C(=O)NCC(C)C)o2)c1. The molecule has 2 aromatic rings. The monoisotopic (exact) mass is 363 g/mol. The van der Waals surface area contributed by atoms with Gasteiger partial charge in [0.1, 0.15) is 5.75 Å². The maximum Gasteiger partial charge on any atom is 0.277 e. The van der Waals surface area contributed by atoms with Crippen LogP contribution < -0.4 is 10.1 Å². The van der Waals surface area contributed by atoms with Gasteiger partial charge in [-0.15, -0.1) is 10.2 Å². The zero-order valence-electron chi connectivity index (χ0n) is 15.3. The number of hydrogen-bond acceptors (Lipinski definition) is 6. The minimum Gasteiger partial charge on any atom is -0.484 e. The summed E-state index contributed by atoms with van der Waals surface area (Å²) in [7, 11) is 0. The highest BCUT2D eigenvalue weighted by Gasteiger charge is 2.18. The number of aryl methyl sites for hydroxylation is 2. The van der Waals surface area contributed by atoms with E-state index in [0.717, 1.165) is 16.9 Å². The first-order valence-electron chi connectivity index (χ1n) is 8.32. The number of nitrogens with zero attached hydrogens (tertiary/aromatic N) is 2. The quantitative estimate of drug-likeness (QED) is 0.723. The number of carbonyl (C=O) groups excluding carboxylic acids is 1. The van der Waals surface area contributed by atoms with E-state index in [9.17, 15) is 4.79 Å². The summed E-state index contributed by atoms with van der Waals surface area (Å²) >= 11 is 1.24. The van der Waals surface area contributed by atoms with Gasteiger partial charge in [0.25, 0.3) is 11.1 Å². The average Bonchev–Trinajstić information content (AvgIpc) is 3.00. The molecule has 1 aromatic heterocycles. The van der Waals surface area contributed by atoms with E-state index in [4.69, 9.17) is 9.15 Å². The van der Waals surface area contributed by atoms with Crippen molar-refractivity contribution in [2.45, 2.75) is 51.7 Å². The molecule has 0 aliphatic heterocycles. The molecule has 1 heterocycles. The number of benzene rings is 1. The van der Waals surface area contributed by atoms with Crippen molar-refractivity contribution in [2.75, 3.05) is 6.54 Å². The largest absolute Gasteiger partial charge is 0.484 e. The standard InChI is InChI=1S/C18H25N3O3S/c1-11(2)9-19-17(22)14(5)25-18-21-20-16(24-18)10-23-15-8-12(3)6-7-13(15)4/h6-8,11,14H,9-10H2,1-5H3,(H,19,22). The first-order valence-corrected chi connectivity index (χ1v) is 9.20. The van der Waals surface area contributed by atoms with Crippen LogP contribution in [0.25, 0.3) is 0 Å². The number of ether oxygens (including phenoxy) is 1. The molecule has 0 fully saturated rings. The van der Waals surface area contributed by atoms with Gasteiger partial charge >= 0.3 is 0 Å². The van der Waals surface area contributed by atoms with Crippen molar-refractivity contribution in [3.63, 3.8) is 0 Å². The van der Waals surface area contributed by atoms with Crippen LogP contribution in [0.5, 0.6) is 5.75 Å². The third-order valence-electron chi connectivity index (χ3n) is 3.47. The van der Waals surface area contributed by atoms with Gasteiger partial charge < -0.3 is 14.5 Å². The normalized spacial score (nSPS) is 12.2. The van der Waals surface area contributed by atoms with E-state index in [1.165, 1.54) is 11.8 Å². The van der Waals surface area contributed by atoms with Crippen molar-refractivity contribution < 1.29 is 13.9 Å². The number of aromatic nitrogens is 2. The Balaban J connectivity index is 1.87. The summed E-state index contributed by atoms with van der Waals surface area (Å²) in [5, 5.41) is 10.9. The Hall–Kier alpha value is -2.02. The van der Waals surface area contributed by atoms with E-state index in [-0.39, 0.29) is 17.8 Å². The van der Waals surface area contributed by atoms with Crippen LogP contribution in [0.4, 0.5) is 0 Å². The fourth-order valence-electron chi connectivity index (χ4n) is 2.00. The molecule has 0 spiro atoms. The number of hydrogen-bond donors (Lipinski definition) is 1. The summed E-state index contributed by atoms with van der Waals surface area (Å²) in [6, 6.07) is 6.02. The summed E-state index contributed by atoms with van der Waals surface area (Å²) in [6.45, 7) is 10.8. The maximum atomic E-state index is 12.0. The van der Waals surface area contributed by atoms with Gasteiger partial charge in [0.05, 0.1) is 5.25 Å². The van der Waals surface area contributed by atoms with E-state index in [1.807, 2.05) is 39.0 Å². The van der Waals surface area contributed by atoms with Crippen molar-refractivity contribution in [1.29, 1.82) is 0 Å². The van der Waals surface area contributed by atoms with Crippen LogP contribution in [0.15, 0.2) is 27.8 Å². The fraction of sp³-hybridized carbons (Fsp3) is 0.500. The second kappa shape index (κ2) is 8.89. The third kappa shape index (κ3) is 6.08. The Morgan fingerprint density at radius 2 is 2.04 bits per heavy atom. The first-order chi connectivity index (χ1) is 11.8. The lowest BCUT2D eigenvalue weighted by atomic mass is 10.1. The van der Waals surface area contributed by atoms with E-state index >= 15 is 0 Å². The highest BCUT2D eigenvalue weighted by Crippen LogP contribution is 2.23. The number of carbonyl (C=O) groups is 1. The van der Waals surface area contributed by atoms with Crippen LogP contribution >= 0.6 is 11.8 Å². The summed E-state index contributed by atoms with van der Waals surface area (Å²) < 4.78 is 11.3. The molecule has 136 valence electrons. The van der Waals surface area contributed by atoms with Crippen LogP contribution in [0.1, 0.15) is 37.8 Å². The predicted molar refractivity (Wildman–Crippen MR) is 97.7 cm³/mol. The molecule has 0 aliphatic rings. The molecule has 1 atom stereocenters. The molecule has 7 heteroatoms. The van der Waals surface area contributed by atoms with Crippen molar-refractivity contribution in [3.05, 3.63) is 35.2 Å². The number of rotatable bonds is 8. The lowest BCUT2D eigenvalue weighted by molar-refractivity contribution is -0.120. The zero-order chi connectivity index (χ0) is 18.4. The van der Waals surface area contributed by atoms with Crippen LogP contribution in [-0.4, -0.2) is 27.9 Å². The first kappa shape index (κ1) is 19.3. The molecule has 1 aromatic carbocycles. The fourth-order valence-corrected chi connectivity index (χ4v) is 2.72. The van der Waals surface area contributed by atoms with Gasteiger partial charge in [0.2, 0.25) is 5.91 Å². The van der Waals surface area contributed by atoms with E-state index < -0.39 is 0 Å². The Morgan fingerprint density at radius 3 is 2.76 bits per heavy atom. The van der Waals surface area contributed by atoms with Gasteiger partial charge in [0, 0.05) is 6.54 Å². The Kier molecular flexibility index (Phi) is 6.87. The molecular formula is C18H25N3O3S. The molecule has 0 bridgehead atoms. The molecule has 1 N–H and O–H groups in total. The molecular weight excluding hydrogens is 338 g/mol. The second-order valence-corrected chi connectivity index (χ2v) is 7.71. The lowest BCUT2D eigenvalue weighted by Gasteiger charge is -2.11. The van der Waals surface area contributed by atoms with Gasteiger partial charge in [-0.3, -0.25) is 4.79 Å². The van der Waals surface area contributed by atoms with Crippen molar-refractivity contribution in [2.24, 2.45) is 5.92 Å². The Morgan fingerprint density at radius 1 is 1.28 bits per heavy atom. The summed E-state index contributed by atoms with van der Waals surface area (Å²) in [6.07, 6.45) is 0. The van der Waals surface area contributed by atoms with Crippen LogP contribution in [0, 0.1) is 19.8 Å². The Labute approximate surface area is 152 Å².